The number of carbonyl (C=O) groups is 2. The minimum Gasteiger partial charge on any atom is -0.352 e. The lowest BCUT2D eigenvalue weighted by molar-refractivity contribution is -0.139. The van der Waals surface area contributed by atoms with E-state index in [0.29, 0.717) is 16.8 Å². The summed E-state index contributed by atoms with van der Waals surface area (Å²) < 4.78 is 42.5. The molecule has 0 aliphatic heterocycles. The number of halogens is 1. The van der Waals surface area contributed by atoms with Gasteiger partial charge < -0.3 is 10.2 Å². The third kappa shape index (κ3) is 7.44. The summed E-state index contributed by atoms with van der Waals surface area (Å²) in [4.78, 5) is 28.2. The zero-order valence-electron chi connectivity index (χ0n) is 23.2. The molecule has 39 heavy (non-hydrogen) atoms. The minimum absolute atomic E-state index is 0.00288. The molecule has 0 saturated heterocycles. The van der Waals surface area contributed by atoms with Gasteiger partial charge in [0.1, 0.15) is 18.4 Å². The lowest BCUT2D eigenvalue weighted by Gasteiger charge is -2.32. The monoisotopic (exact) mass is 553 g/mol. The van der Waals surface area contributed by atoms with Gasteiger partial charge in [0, 0.05) is 12.6 Å². The summed E-state index contributed by atoms with van der Waals surface area (Å²) in [6, 6.07) is 16.3. The minimum atomic E-state index is -4.14. The predicted molar refractivity (Wildman–Crippen MR) is 151 cm³/mol. The molecule has 0 aliphatic carbocycles. The summed E-state index contributed by atoms with van der Waals surface area (Å²) in [6.45, 7) is 10.2. The summed E-state index contributed by atoms with van der Waals surface area (Å²) in [5.74, 6) is -1.37. The molecule has 0 saturated carbocycles. The number of rotatable bonds is 10. The smallest absolute Gasteiger partial charge is 0.264 e. The molecule has 0 bridgehead atoms. The summed E-state index contributed by atoms with van der Waals surface area (Å²) in [5.41, 5.74) is 3.52. The maximum atomic E-state index is 13.9. The molecule has 1 N–H and O–H groups in total. The predicted octanol–water partition coefficient (Wildman–Crippen LogP) is 4.89. The molecule has 3 aromatic rings. The van der Waals surface area contributed by atoms with Crippen LogP contribution in [0.1, 0.15) is 43.0 Å². The van der Waals surface area contributed by atoms with E-state index in [1.165, 1.54) is 41.3 Å². The zero-order valence-corrected chi connectivity index (χ0v) is 24.0. The standard InChI is InChI=1S/C30H36FN3O4S/c1-20(2)32-30(36)24(6)33(18-25-10-12-26(31)13-11-25)29(35)19-34(28-16-9-22(4)17-23(28)5)39(37,38)27-14-7-21(3)8-15-27/h7-17,20,24H,18-19H2,1-6H3,(H,32,36)/t24-/m1/s1. The Labute approximate surface area is 230 Å². The highest BCUT2D eigenvalue weighted by molar-refractivity contribution is 7.92. The molecule has 0 unspecified atom stereocenters. The summed E-state index contributed by atoms with van der Waals surface area (Å²) in [6.07, 6.45) is 0. The van der Waals surface area contributed by atoms with Gasteiger partial charge in [-0.3, -0.25) is 13.9 Å². The Morgan fingerprint density at radius 3 is 2.03 bits per heavy atom. The molecular weight excluding hydrogens is 517 g/mol. The van der Waals surface area contributed by atoms with Crippen molar-refractivity contribution in [2.45, 2.75) is 65.1 Å². The Hall–Kier alpha value is -3.72. The number of amides is 2. The number of benzene rings is 3. The fourth-order valence-corrected chi connectivity index (χ4v) is 5.69. The van der Waals surface area contributed by atoms with Crippen LogP contribution in [-0.2, 0) is 26.2 Å². The van der Waals surface area contributed by atoms with Gasteiger partial charge in [0.15, 0.2) is 0 Å². The normalized spacial score (nSPS) is 12.2. The third-order valence-electron chi connectivity index (χ3n) is 6.37. The van der Waals surface area contributed by atoms with E-state index in [1.807, 2.05) is 33.8 Å². The first-order valence-electron chi connectivity index (χ1n) is 12.8. The van der Waals surface area contributed by atoms with Crippen molar-refractivity contribution in [2.75, 3.05) is 10.8 Å². The maximum absolute atomic E-state index is 13.9. The molecule has 1 atom stereocenters. The van der Waals surface area contributed by atoms with Crippen LogP contribution in [0.2, 0.25) is 0 Å². The lowest BCUT2D eigenvalue weighted by atomic mass is 10.1. The summed E-state index contributed by atoms with van der Waals surface area (Å²) >= 11 is 0. The van der Waals surface area contributed by atoms with E-state index >= 15 is 0 Å². The Morgan fingerprint density at radius 1 is 0.872 bits per heavy atom. The molecule has 0 aliphatic rings. The number of carbonyl (C=O) groups excluding carboxylic acids is 2. The highest BCUT2D eigenvalue weighted by Gasteiger charge is 2.33. The fourth-order valence-electron chi connectivity index (χ4n) is 4.21. The van der Waals surface area contributed by atoms with Gasteiger partial charge in [0.05, 0.1) is 10.6 Å². The molecule has 208 valence electrons. The van der Waals surface area contributed by atoms with Crippen LogP contribution in [0.25, 0.3) is 0 Å². The van der Waals surface area contributed by atoms with E-state index in [0.717, 1.165) is 15.4 Å². The van der Waals surface area contributed by atoms with Crippen molar-refractivity contribution in [1.82, 2.24) is 10.2 Å². The first-order chi connectivity index (χ1) is 18.3. The number of sulfonamides is 1. The Bertz CT molecular complexity index is 1420. The number of aryl methyl sites for hydroxylation is 3. The van der Waals surface area contributed by atoms with Crippen molar-refractivity contribution in [1.29, 1.82) is 0 Å². The lowest BCUT2D eigenvalue weighted by Crippen LogP contribution is -2.52. The van der Waals surface area contributed by atoms with Gasteiger partial charge in [-0.1, -0.05) is 47.5 Å². The molecule has 0 fully saturated rings. The number of hydrogen-bond donors (Lipinski definition) is 1. The molecule has 0 radical (unpaired) electrons. The Morgan fingerprint density at radius 2 is 1.46 bits per heavy atom. The average molecular weight is 554 g/mol. The molecule has 3 rings (SSSR count). The first-order valence-corrected chi connectivity index (χ1v) is 14.2. The van der Waals surface area contributed by atoms with Crippen LogP contribution in [0.4, 0.5) is 10.1 Å². The number of hydrogen-bond acceptors (Lipinski definition) is 4. The van der Waals surface area contributed by atoms with Crippen LogP contribution in [0.15, 0.2) is 71.6 Å². The number of anilines is 1. The van der Waals surface area contributed by atoms with E-state index in [-0.39, 0.29) is 23.4 Å². The molecule has 0 heterocycles. The van der Waals surface area contributed by atoms with Gasteiger partial charge in [-0.2, -0.15) is 0 Å². The van der Waals surface area contributed by atoms with Crippen LogP contribution < -0.4 is 9.62 Å². The van der Waals surface area contributed by atoms with Crippen LogP contribution in [-0.4, -0.2) is 43.8 Å². The van der Waals surface area contributed by atoms with Crippen molar-refractivity contribution < 1.29 is 22.4 Å². The first kappa shape index (κ1) is 29.8. The van der Waals surface area contributed by atoms with Gasteiger partial charge in [-0.15, -0.1) is 0 Å². The van der Waals surface area contributed by atoms with Crippen molar-refractivity contribution in [3.8, 4) is 0 Å². The Kier molecular flexibility index (Phi) is 9.50. The quantitative estimate of drug-likeness (QED) is 0.387. The van der Waals surface area contributed by atoms with Gasteiger partial charge in [-0.25, -0.2) is 12.8 Å². The van der Waals surface area contributed by atoms with Crippen LogP contribution >= 0.6 is 0 Å². The SMILES string of the molecule is Cc1ccc(S(=O)(=O)N(CC(=O)N(Cc2ccc(F)cc2)[C@H](C)C(=O)NC(C)C)c2ccc(C)cc2C)cc1. The summed E-state index contributed by atoms with van der Waals surface area (Å²) in [5, 5.41) is 2.81. The second-order valence-corrected chi connectivity index (χ2v) is 12.0. The van der Waals surface area contributed by atoms with Crippen molar-refractivity contribution in [3.05, 3.63) is 94.8 Å². The average Bonchev–Trinajstić information content (AvgIpc) is 2.86. The van der Waals surface area contributed by atoms with E-state index in [1.54, 1.807) is 38.1 Å². The van der Waals surface area contributed by atoms with Crippen LogP contribution in [0.5, 0.6) is 0 Å². The van der Waals surface area contributed by atoms with E-state index < -0.39 is 34.3 Å². The second kappa shape index (κ2) is 12.4. The molecule has 2 amide bonds. The largest absolute Gasteiger partial charge is 0.352 e. The van der Waals surface area contributed by atoms with Crippen LogP contribution in [0, 0.1) is 26.6 Å². The van der Waals surface area contributed by atoms with Crippen molar-refractivity contribution in [3.63, 3.8) is 0 Å². The molecular formula is C30H36FN3O4S. The Balaban J connectivity index is 2.06. The van der Waals surface area contributed by atoms with Gasteiger partial charge in [0.2, 0.25) is 11.8 Å². The van der Waals surface area contributed by atoms with E-state index in [2.05, 4.69) is 5.32 Å². The highest BCUT2D eigenvalue weighted by atomic mass is 32.2. The van der Waals surface area contributed by atoms with E-state index in [9.17, 15) is 22.4 Å². The van der Waals surface area contributed by atoms with E-state index in [4.69, 9.17) is 0 Å². The zero-order chi connectivity index (χ0) is 28.9. The molecule has 0 spiro atoms. The number of nitrogens with zero attached hydrogens (tertiary/aromatic N) is 2. The van der Waals surface area contributed by atoms with Crippen LogP contribution in [0.3, 0.4) is 0 Å². The fraction of sp³-hybridized carbons (Fsp3) is 0.333. The third-order valence-corrected chi connectivity index (χ3v) is 8.15. The maximum Gasteiger partial charge on any atom is 0.264 e. The van der Waals surface area contributed by atoms with Gasteiger partial charge in [0.25, 0.3) is 10.0 Å². The summed E-state index contributed by atoms with van der Waals surface area (Å²) in [7, 11) is -4.14. The molecule has 0 aromatic heterocycles. The van der Waals surface area contributed by atoms with Crippen molar-refractivity contribution in [2.24, 2.45) is 0 Å². The second-order valence-electron chi connectivity index (χ2n) is 10.1. The molecule has 7 nitrogen and oxygen atoms in total. The molecule has 3 aromatic carbocycles. The van der Waals surface area contributed by atoms with Gasteiger partial charge >= 0.3 is 0 Å². The van der Waals surface area contributed by atoms with Crippen molar-refractivity contribution >= 4 is 27.5 Å². The highest BCUT2D eigenvalue weighted by Crippen LogP contribution is 2.28. The topological polar surface area (TPSA) is 86.8 Å². The number of nitrogens with one attached hydrogen (secondary N) is 1. The van der Waals surface area contributed by atoms with Gasteiger partial charge in [-0.05, 0) is 83.0 Å². The molecule has 9 heteroatoms.